The molecule has 0 unspecified atom stereocenters. The number of amides is 4. The highest BCUT2D eigenvalue weighted by Crippen LogP contribution is 2.22. The first-order valence-electron chi connectivity index (χ1n) is 11.0. The summed E-state index contributed by atoms with van der Waals surface area (Å²) in [5, 5.41) is 7.95. The summed E-state index contributed by atoms with van der Waals surface area (Å²) in [6.07, 6.45) is 0.230. The maximum atomic E-state index is 12.8. The maximum Gasteiger partial charge on any atom is 0.310 e. The van der Waals surface area contributed by atoms with Crippen LogP contribution >= 0.6 is 11.6 Å². The Kier molecular flexibility index (Phi) is 8.46. The number of nitrogens with zero attached hydrogens (tertiary/aromatic N) is 1. The van der Waals surface area contributed by atoms with Crippen molar-refractivity contribution in [2.75, 3.05) is 25.0 Å². The Morgan fingerprint density at radius 1 is 1.26 bits per heavy atom. The van der Waals surface area contributed by atoms with Crippen molar-refractivity contribution >= 4 is 46.9 Å². The summed E-state index contributed by atoms with van der Waals surface area (Å²) in [4.78, 5) is 62.2. The van der Waals surface area contributed by atoms with E-state index < -0.39 is 42.1 Å². The molecule has 0 aliphatic carbocycles. The van der Waals surface area contributed by atoms with Crippen LogP contribution in [0.15, 0.2) is 18.2 Å². The number of ether oxygens (including phenoxy) is 2. The van der Waals surface area contributed by atoms with Crippen molar-refractivity contribution in [3.8, 4) is 0 Å². The standard InChI is InChI=1S/C22H27ClN4O7/c1-3-33-22-16(10-19(30)34-22)26-21(32)17-5-4-8-27(17)18(29)11-24-20(31)14-7-6-13(9-15(14)23)25-12(2)28/h6-7,9,16-17,22H,3-5,8,10-11H2,1-2H3,(H,24,31)(H,25,28)(H,26,32)/t16-,17-,22+/m0/s1. The van der Waals surface area contributed by atoms with E-state index >= 15 is 0 Å². The van der Waals surface area contributed by atoms with E-state index in [0.29, 0.717) is 31.7 Å². The van der Waals surface area contributed by atoms with E-state index in [1.807, 2.05) is 0 Å². The minimum atomic E-state index is -0.854. The smallest absolute Gasteiger partial charge is 0.310 e. The number of esters is 1. The largest absolute Gasteiger partial charge is 0.433 e. The molecule has 0 aromatic heterocycles. The van der Waals surface area contributed by atoms with Gasteiger partial charge in [-0.05, 0) is 38.0 Å². The lowest BCUT2D eigenvalue weighted by atomic mass is 10.1. The molecule has 3 N–H and O–H groups in total. The van der Waals surface area contributed by atoms with Crippen molar-refractivity contribution < 1.29 is 33.4 Å². The van der Waals surface area contributed by atoms with E-state index in [9.17, 15) is 24.0 Å². The zero-order valence-electron chi connectivity index (χ0n) is 18.9. The van der Waals surface area contributed by atoms with Crippen LogP contribution in [0.5, 0.6) is 0 Å². The molecule has 2 saturated heterocycles. The summed E-state index contributed by atoms with van der Waals surface area (Å²) in [5.74, 6) is -2.12. The van der Waals surface area contributed by atoms with E-state index in [2.05, 4.69) is 16.0 Å². The van der Waals surface area contributed by atoms with Gasteiger partial charge in [-0.25, -0.2) is 0 Å². The number of rotatable bonds is 8. The van der Waals surface area contributed by atoms with Crippen LogP contribution < -0.4 is 16.0 Å². The van der Waals surface area contributed by atoms with Crippen molar-refractivity contribution in [3.63, 3.8) is 0 Å². The van der Waals surface area contributed by atoms with Gasteiger partial charge in [0.25, 0.3) is 5.91 Å². The third-order valence-corrected chi connectivity index (χ3v) is 5.74. The van der Waals surface area contributed by atoms with Crippen LogP contribution in [0, 0.1) is 0 Å². The number of benzene rings is 1. The SMILES string of the molecule is CCO[C@@H]1OC(=O)C[C@@H]1NC(=O)[C@@H]1CCCN1C(=O)CNC(=O)c1ccc(NC(C)=O)cc1Cl. The number of hydrogen-bond donors (Lipinski definition) is 3. The van der Waals surface area contributed by atoms with Crippen LogP contribution in [0.2, 0.25) is 5.02 Å². The van der Waals surface area contributed by atoms with Gasteiger partial charge in [0.15, 0.2) is 0 Å². The molecule has 0 saturated carbocycles. The minimum Gasteiger partial charge on any atom is -0.433 e. The normalized spacial score (nSPS) is 21.7. The third-order valence-electron chi connectivity index (χ3n) is 5.43. The van der Waals surface area contributed by atoms with Crippen molar-refractivity contribution in [2.24, 2.45) is 0 Å². The molecule has 0 spiro atoms. The molecule has 2 fully saturated rings. The van der Waals surface area contributed by atoms with Crippen LogP contribution in [-0.4, -0.2) is 72.6 Å². The number of nitrogens with one attached hydrogen (secondary N) is 3. The highest BCUT2D eigenvalue weighted by atomic mass is 35.5. The fourth-order valence-corrected chi connectivity index (χ4v) is 4.19. The topological polar surface area (TPSA) is 143 Å². The summed E-state index contributed by atoms with van der Waals surface area (Å²) >= 11 is 6.14. The molecule has 3 atom stereocenters. The molecule has 2 heterocycles. The fourth-order valence-electron chi connectivity index (χ4n) is 3.92. The molecule has 0 bridgehead atoms. The molecular formula is C22H27ClN4O7. The van der Waals surface area contributed by atoms with Gasteiger partial charge in [0.1, 0.15) is 12.1 Å². The number of carbonyl (C=O) groups is 5. The Bertz CT molecular complexity index is 986. The lowest BCUT2D eigenvalue weighted by molar-refractivity contribution is -0.164. The molecular weight excluding hydrogens is 468 g/mol. The van der Waals surface area contributed by atoms with Crippen molar-refractivity contribution in [3.05, 3.63) is 28.8 Å². The molecule has 2 aliphatic rings. The van der Waals surface area contributed by atoms with Gasteiger partial charge in [0.05, 0.1) is 23.6 Å². The Morgan fingerprint density at radius 3 is 2.71 bits per heavy atom. The van der Waals surface area contributed by atoms with Crippen LogP contribution in [0.4, 0.5) is 5.69 Å². The van der Waals surface area contributed by atoms with Crippen molar-refractivity contribution in [1.82, 2.24) is 15.5 Å². The first-order chi connectivity index (χ1) is 16.2. The minimum absolute atomic E-state index is 0.00534. The first-order valence-corrected chi connectivity index (χ1v) is 11.3. The zero-order chi connectivity index (χ0) is 24.8. The molecule has 4 amide bonds. The summed E-state index contributed by atoms with van der Waals surface area (Å²) in [5.41, 5.74) is 0.587. The lowest BCUT2D eigenvalue weighted by Gasteiger charge is -2.26. The number of hydrogen-bond acceptors (Lipinski definition) is 7. The summed E-state index contributed by atoms with van der Waals surface area (Å²) in [6, 6.07) is 3.06. The number of halogens is 1. The van der Waals surface area contributed by atoms with Crippen LogP contribution in [0.3, 0.4) is 0 Å². The Morgan fingerprint density at radius 2 is 2.03 bits per heavy atom. The second-order valence-electron chi connectivity index (χ2n) is 7.94. The van der Waals surface area contributed by atoms with E-state index in [4.69, 9.17) is 21.1 Å². The number of anilines is 1. The van der Waals surface area contributed by atoms with Crippen molar-refractivity contribution in [2.45, 2.75) is 51.5 Å². The second kappa shape index (κ2) is 11.3. The number of carbonyl (C=O) groups excluding carboxylic acids is 5. The molecule has 1 aromatic rings. The predicted molar refractivity (Wildman–Crippen MR) is 121 cm³/mol. The Balaban J connectivity index is 1.56. The summed E-state index contributed by atoms with van der Waals surface area (Å²) < 4.78 is 10.4. The van der Waals surface area contributed by atoms with Crippen LogP contribution in [0.25, 0.3) is 0 Å². The monoisotopic (exact) mass is 494 g/mol. The average Bonchev–Trinajstić information content (AvgIpc) is 3.38. The molecule has 1 aromatic carbocycles. The third kappa shape index (κ3) is 6.23. The van der Waals surface area contributed by atoms with Crippen LogP contribution in [0.1, 0.15) is 43.5 Å². The van der Waals surface area contributed by atoms with E-state index in [1.54, 1.807) is 6.92 Å². The highest BCUT2D eigenvalue weighted by molar-refractivity contribution is 6.34. The molecule has 184 valence electrons. The van der Waals surface area contributed by atoms with Gasteiger partial charge in [-0.1, -0.05) is 11.6 Å². The molecule has 2 aliphatic heterocycles. The molecule has 3 rings (SSSR count). The van der Waals surface area contributed by atoms with E-state index in [0.717, 1.165) is 0 Å². The van der Waals surface area contributed by atoms with Gasteiger partial charge >= 0.3 is 5.97 Å². The number of cyclic esters (lactones) is 1. The van der Waals surface area contributed by atoms with E-state index in [1.165, 1.54) is 30.0 Å². The van der Waals surface area contributed by atoms with Crippen LogP contribution in [-0.2, 0) is 28.7 Å². The second-order valence-corrected chi connectivity index (χ2v) is 8.34. The summed E-state index contributed by atoms with van der Waals surface area (Å²) in [6.45, 7) is 3.47. The van der Waals surface area contributed by atoms with Crippen molar-refractivity contribution in [1.29, 1.82) is 0 Å². The van der Waals surface area contributed by atoms with Gasteiger partial charge in [0, 0.05) is 25.8 Å². The molecule has 11 nitrogen and oxygen atoms in total. The Labute approximate surface area is 201 Å². The molecule has 34 heavy (non-hydrogen) atoms. The predicted octanol–water partition coefficient (Wildman–Crippen LogP) is 0.814. The Hall–Kier alpha value is -3.18. The van der Waals surface area contributed by atoms with Gasteiger partial charge in [-0.3, -0.25) is 24.0 Å². The highest BCUT2D eigenvalue weighted by Gasteiger charge is 2.40. The van der Waals surface area contributed by atoms with Gasteiger partial charge in [-0.2, -0.15) is 0 Å². The molecule has 0 radical (unpaired) electrons. The zero-order valence-corrected chi connectivity index (χ0v) is 19.6. The first kappa shape index (κ1) is 25.4. The van der Waals surface area contributed by atoms with Gasteiger partial charge in [0.2, 0.25) is 24.0 Å². The average molecular weight is 495 g/mol. The lowest BCUT2D eigenvalue weighted by Crippen LogP contribution is -2.52. The fraction of sp³-hybridized carbons (Fsp3) is 0.500. The van der Waals surface area contributed by atoms with Gasteiger partial charge < -0.3 is 30.3 Å². The summed E-state index contributed by atoms with van der Waals surface area (Å²) in [7, 11) is 0. The van der Waals surface area contributed by atoms with Gasteiger partial charge in [-0.15, -0.1) is 0 Å². The molecule has 12 heteroatoms. The maximum absolute atomic E-state index is 12.8. The quantitative estimate of drug-likeness (QED) is 0.454. The van der Waals surface area contributed by atoms with E-state index in [-0.39, 0.29) is 29.5 Å². The number of likely N-dealkylation sites (tertiary alicyclic amines) is 1.